The van der Waals surface area contributed by atoms with Gasteiger partial charge in [0.15, 0.2) is 17.3 Å². The Hall–Kier alpha value is -3.75. The second kappa shape index (κ2) is 12.0. The van der Waals surface area contributed by atoms with Crippen molar-refractivity contribution in [3.05, 3.63) is 76.8 Å². The van der Waals surface area contributed by atoms with Crippen LogP contribution in [-0.4, -0.2) is 45.2 Å². The molecule has 1 unspecified atom stereocenters. The molecule has 0 bridgehead atoms. The van der Waals surface area contributed by atoms with Crippen molar-refractivity contribution >= 4 is 10.9 Å². The maximum Gasteiger partial charge on any atom is 0.261 e. The average Bonchev–Trinajstić information content (AvgIpc) is 3.54. The second-order valence-corrected chi connectivity index (χ2v) is 11.3. The highest BCUT2D eigenvalue weighted by molar-refractivity contribution is 5.85. The summed E-state index contributed by atoms with van der Waals surface area (Å²) >= 11 is 0. The van der Waals surface area contributed by atoms with Gasteiger partial charge in [0, 0.05) is 25.7 Å². The fraction of sp³-hybridized carbons (Fsp3) is 0.394. The molecule has 4 aromatic rings. The van der Waals surface area contributed by atoms with Crippen LogP contribution in [0.5, 0.6) is 11.5 Å². The molecular weight excluding hydrogens is 519 g/mol. The van der Waals surface area contributed by atoms with Crippen LogP contribution in [0.15, 0.2) is 65.5 Å². The standard InChI is InChI=1S/C33H37FN4O3/c1-2-35-41-31-12-6-5-11-26(31)32-36-29-16-14-23(24-13-15-28(34)30(39)19-24)18-27(29)33(40)38(32)21-22-8-7-17-37(20-22)25-9-3-4-10-25/h5-6,11-16,18-19,22,25,35,39H,2-4,7-10,17,20-21H2,1H3. The predicted molar refractivity (Wildman–Crippen MR) is 159 cm³/mol. The Morgan fingerprint density at radius 2 is 1.80 bits per heavy atom. The first-order valence-corrected chi connectivity index (χ1v) is 14.8. The van der Waals surface area contributed by atoms with Gasteiger partial charge in [-0.1, -0.05) is 37.1 Å². The molecule has 2 aliphatic rings. The number of phenols is 1. The molecule has 1 aromatic heterocycles. The molecule has 1 aliphatic heterocycles. The zero-order valence-corrected chi connectivity index (χ0v) is 23.5. The molecule has 1 saturated carbocycles. The molecule has 1 atom stereocenters. The van der Waals surface area contributed by atoms with Gasteiger partial charge >= 0.3 is 0 Å². The molecule has 0 spiro atoms. The number of aromatic nitrogens is 2. The highest BCUT2D eigenvalue weighted by Crippen LogP contribution is 2.33. The lowest BCUT2D eigenvalue weighted by molar-refractivity contribution is 0.116. The van der Waals surface area contributed by atoms with Crippen LogP contribution in [0.2, 0.25) is 0 Å². The molecule has 8 heteroatoms. The van der Waals surface area contributed by atoms with Crippen LogP contribution in [-0.2, 0) is 6.54 Å². The van der Waals surface area contributed by atoms with Crippen LogP contribution in [0.4, 0.5) is 4.39 Å². The molecule has 2 N–H and O–H groups in total. The lowest BCUT2D eigenvalue weighted by atomic mass is 9.95. The Balaban J connectivity index is 1.45. The fourth-order valence-electron chi connectivity index (χ4n) is 6.46. The molecule has 3 aromatic carbocycles. The van der Waals surface area contributed by atoms with Gasteiger partial charge in [-0.05, 0) is 92.6 Å². The summed E-state index contributed by atoms with van der Waals surface area (Å²) in [6.45, 7) is 5.28. The smallest absolute Gasteiger partial charge is 0.261 e. The van der Waals surface area contributed by atoms with Gasteiger partial charge in [-0.3, -0.25) is 9.36 Å². The number of likely N-dealkylation sites (tertiary alicyclic amines) is 1. The number of halogens is 1. The number of piperidine rings is 1. The quantitative estimate of drug-likeness (QED) is 0.254. The Bertz CT molecular complexity index is 1600. The van der Waals surface area contributed by atoms with E-state index in [4.69, 9.17) is 9.82 Å². The summed E-state index contributed by atoms with van der Waals surface area (Å²) in [6.07, 6.45) is 7.35. The molecule has 1 saturated heterocycles. The summed E-state index contributed by atoms with van der Waals surface area (Å²) in [7, 11) is 0. The lowest BCUT2D eigenvalue weighted by Gasteiger charge is -2.37. The van der Waals surface area contributed by atoms with E-state index in [2.05, 4.69) is 10.4 Å². The van der Waals surface area contributed by atoms with Gasteiger partial charge in [0.2, 0.25) is 0 Å². The Labute approximate surface area is 239 Å². The van der Waals surface area contributed by atoms with Crippen molar-refractivity contribution in [2.24, 2.45) is 5.92 Å². The number of hydrogen-bond donors (Lipinski definition) is 2. The van der Waals surface area contributed by atoms with Crippen molar-refractivity contribution in [1.82, 2.24) is 19.9 Å². The third kappa shape index (κ3) is 5.72. The van der Waals surface area contributed by atoms with E-state index in [-0.39, 0.29) is 5.56 Å². The fourth-order valence-corrected chi connectivity index (χ4v) is 6.46. The minimum Gasteiger partial charge on any atom is -0.505 e. The van der Waals surface area contributed by atoms with E-state index in [9.17, 15) is 14.3 Å². The Morgan fingerprint density at radius 1 is 1.02 bits per heavy atom. The number of nitrogens with one attached hydrogen (secondary N) is 1. The SMILES string of the molecule is CCNOc1ccccc1-c1nc2ccc(-c3ccc(F)c(O)c3)cc2c(=O)n1CC1CCCN(C2CCCC2)C1. The Kier molecular flexibility index (Phi) is 8.03. The zero-order valence-electron chi connectivity index (χ0n) is 23.5. The first-order chi connectivity index (χ1) is 20.0. The lowest BCUT2D eigenvalue weighted by Crippen LogP contribution is -2.43. The second-order valence-electron chi connectivity index (χ2n) is 11.3. The highest BCUT2D eigenvalue weighted by Gasteiger charge is 2.29. The number of aromatic hydroxyl groups is 1. The predicted octanol–water partition coefficient (Wildman–Crippen LogP) is 6.13. The number of fused-ring (bicyclic) bond motifs is 1. The summed E-state index contributed by atoms with van der Waals surface area (Å²) in [6, 6.07) is 18.0. The molecule has 7 nitrogen and oxygen atoms in total. The van der Waals surface area contributed by atoms with Crippen molar-refractivity contribution in [1.29, 1.82) is 0 Å². The van der Waals surface area contributed by atoms with Gasteiger partial charge in [0.1, 0.15) is 5.82 Å². The summed E-state index contributed by atoms with van der Waals surface area (Å²) in [4.78, 5) is 27.8. The minimum absolute atomic E-state index is 0.116. The summed E-state index contributed by atoms with van der Waals surface area (Å²) in [5, 5.41) is 10.4. The number of benzene rings is 3. The topological polar surface area (TPSA) is 79.6 Å². The van der Waals surface area contributed by atoms with Crippen molar-refractivity contribution in [2.45, 2.75) is 58.0 Å². The molecule has 6 rings (SSSR count). The average molecular weight is 557 g/mol. The van der Waals surface area contributed by atoms with Gasteiger partial charge in [-0.15, -0.1) is 0 Å². The van der Waals surface area contributed by atoms with Gasteiger partial charge in [-0.2, -0.15) is 5.48 Å². The summed E-state index contributed by atoms with van der Waals surface area (Å²) < 4.78 is 15.5. The number of hydrogen-bond acceptors (Lipinski definition) is 6. The number of phenolic OH excluding ortho intramolecular Hbond substituents is 1. The van der Waals surface area contributed by atoms with Crippen LogP contribution >= 0.6 is 0 Å². The number of nitrogens with zero attached hydrogens (tertiary/aromatic N) is 3. The van der Waals surface area contributed by atoms with E-state index in [0.29, 0.717) is 58.7 Å². The van der Waals surface area contributed by atoms with E-state index >= 15 is 0 Å². The van der Waals surface area contributed by atoms with Crippen LogP contribution in [0.3, 0.4) is 0 Å². The Morgan fingerprint density at radius 3 is 2.61 bits per heavy atom. The normalized spacial score (nSPS) is 18.2. The summed E-state index contributed by atoms with van der Waals surface area (Å²) in [5.41, 5.74) is 5.49. The van der Waals surface area contributed by atoms with E-state index < -0.39 is 11.6 Å². The van der Waals surface area contributed by atoms with Crippen molar-refractivity contribution in [3.8, 4) is 34.0 Å². The molecular formula is C33H37FN4O3. The van der Waals surface area contributed by atoms with Crippen LogP contribution in [0.1, 0.15) is 45.4 Å². The first kappa shape index (κ1) is 27.4. The molecule has 2 fully saturated rings. The van der Waals surface area contributed by atoms with E-state index in [1.165, 1.54) is 37.8 Å². The largest absolute Gasteiger partial charge is 0.505 e. The van der Waals surface area contributed by atoms with E-state index in [1.807, 2.05) is 47.9 Å². The molecule has 41 heavy (non-hydrogen) atoms. The van der Waals surface area contributed by atoms with E-state index in [1.54, 1.807) is 12.1 Å². The van der Waals surface area contributed by atoms with Crippen molar-refractivity contribution < 1.29 is 14.3 Å². The first-order valence-electron chi connectivity index (χ1n) is 14.8. The third-order valence-corrected chi connectivity index (χ3v) is 8.52. The molecule has 214 valence electrons. The van der Waals surface area contributed by atoms with Gasteiger partial charge in [0.25, 0.3) is 5.56 Å². The molecule has 0 amide bonds. The number of hydroxylamine groups is 1. The third-order valence-electron chi connectivity index (χ3n) is 8.52. The molecule has 0 radical (unpaired) electrons. The van der Waals surface area contributed by atoms with Crippen LogP contribution in [0.25, 0.3) is 33.4 Å². The van der Waals surface area contributed by atoms with Gasteiger partial charge in [-0.25, -0.2) is 9.37 Å². The van der Waals surface area contributed by atoms with Gasteiger partial charge in [0.05, 0.1) is 16.5 Å². The maximum absolute atomic E-state index is 14.3. The van der Waals surface area contributed by atoms with Gasteiger partial charge < -0.3 is 14.8 Å². The molecule has 1 aliphatic carbocycles. The van der Waals surface area contributed by atoms with Crippen LogP contribution in [0, 0.1) is 11.7 Å². The minimum atomic E-state index is -0.680. The monoisotopic (exact) mass is 556 g/mol. The van der Waals surface area contributed by atoms with E-state index in [0.717, 1.165) is 31.5 Å². The maximum atomic E-state index is 14.3. The zero-order chi connectivity index (χ0) is 28.3. The number of rotatable bonds is 8. The summed E-state index contributed by atoms with van der Waals surface area (Å²) in [5.74, 6) is 0.431. The number of para-hydroxylation sites is 1. The van der Waals surface area contributed by atoms with Crippen LogP contribution < -0.4 is 15.9 Å². The highest BCUT2D eigenvalue weighted by atomic mass is 19.1. The van der Waals surface area contributed by atoms with Crippen molar-refractivity contribution in [3.63, 3.8) is 0 Å². The van der Waals surface area contributed by atoms with Crippen molar-refractivity contribution in [2.75, 3.05) is 19.6 Å². The molecule has 2 heterocycles.